The van der Waals surface area contributed by atoms with Gasteiger partial charge in [0.1, 0.15) is 6.54 Å². The number of imide groups is 1. The van der Waals surface area contributed by atoms with Crippen LogP contribution < -0.4 is 0 Å². The van der Waals surface area contributed by atoms with E-state index in [4.69, 9.17) is 4.74 Å². The maximum absolute atomic E-state index is 13.1. The molecule has 2 aliphatic rings. The van der Waals surface area contributed by atoms with E-state index in [9.17, 15) is 19.2 Å². The Labute approximate surface area is 174 Å². The molecule has 0 N–H and O–H groups in total. The van der Waals surface area contributed by atoms with Crippen LogP contribution in [0, 0.1) is 0 Å². The number of piperidine rings is 1. The van der Waals surface area contributed by atoms with Crippen LogP contribution in [0.5, 0.6) is 0 Å². The van der Waals surface area contributed by atoms with Gasteiger partial charge in [0.15, 0.2) is 0 Å². The predicted octanol–water partition coefficient (Wildman–Crippen LogP) is 2.58. The van der Waals surface area contributed by atoms with Crippen LogP contribution >= 0.6 is 0 Å². The Kier molecular flexibility index (Phi) is 5.61. The van der Waals surface area contributed by atoms with Crippen molar-refractivity contribution in [2.75, 3.05) is 19.6 Å². The van der Waals surface area contributed by atoms with E-state index in [0.717, 1.165) is 24.2 Å². The lowest BCUT2D eigenvalue weighted by atomic mass is 10.1. The largest absolute Gasteiger partial charge is 0.446 e. The zero-order chi connectivity index (χ0) is 21.1. The fraction of sp³-hybridized carbons (Fsp3) is 0.304. The Bertz CT molecular complexity index is 947. The normalized spacial score (nSPS) is 16.9. The molecule has 0 bridgehead atoms. The van der Waals surface area contributed by atoms with Crippen LogP contribution in [0.3, 0.4) is 0 Å². The molecule has 2 aromatic carbocycles. The molecule has 1 atom stereocenters. The quantitative estimate of drug-likeness (QED) is 0.563. The van der Waals surface area contributed by atoms with Crippen LogP contribution in [0.1, 0.15) is 51.6 Å². The van der Waals surface area contributed by atoms with Crippen molar-refractivity contribution in [1.82, 2.24) is 9.80 Å². The van der Waals surface area contributed by atoms with Gasteiger partial charge in [-0.2, -0.15) is 0 Å². The summed E-state index contributed by atoms with van der Waals surface area (Å²) < 4.78 is 5.53. The summed E-state index contributed by atoms with van der Waals surface area (Å²) in [7, 11) is 0. The first-order valence-electron chi connectivity index (χ1n) is 10.0. The van der Waals surface area contributed by atoms with Crippen LogP contribution in [0.4, 0.5) is 0 Å². The van der Waals surface area contributed by atoms with E-state index >= 15 is 0 Å². The van der Waals surface area contributed by atoms with Gasteiger partial charge in [-0.05, 0) is 31.4 Å². The molecule has 3 amide bonds. The molecule has 0 saturated carbocycles. The minimum absolute atomic E-state index is 0.263. The molecular formula is C23H22N2O5. The Hall–Kier alpha value is -3.48. The molecular weight excluding hydrogens is 384 g/mol. The average molecular weight is 406 g/mol. The SMILES string of the molecule is O=C(CN1C(=O)c2ccccc2C1=O)O[C@H](C(=O)N1CCCCC1)c1ccccc1. The molecule has 7 nitrogen and oxygen atoms in total. The maximum Gasteiger partial charge on any atom is 0.327 e. The third-order valence-electron chi connectivity index (χ3n) is 5.41. The molecule has 0 aromatic heterocycles. The summed E-state index contributed by atoms with van der Waals surface area (Å²) in [6, 6.07) is 15.2. The van der Waals surface area contributed by atoms with Gasteiger partial charge in [-0.15, -0.1) is 0 Å². The summed E-state index contributed by atoms with van der Waals surface area (Å²) in [6.07, 6.45) is 1.79. The summed E-state index contributed by atoms with van der Waals surface area (Å²) in [5, 5.41) is 0. The topological polar surface area (TPSA) is 84.0 Å². The highest BCUT2D eigenvalue weighted by atomic mass is 16.5. The van der Waals surface area contributed by atoms with Gasteiger partial charge in [-0.25, -0.2) is 0 Å². The number of benzene rings is 2. The number of carbonyl (C=O) groups excluding carboxylic acids is 4. The number of hydrogen-bond donors (Lipinski definition) is 0. The van der Waals surface area contributed by atoms with Crippen molar-refractivity contribution in [2.24, 2.45) is 0 Å². The number of fused-ring (bicyclic) bond motifs is 1. The summed E-state index contributed by atoms with van der Waals surface area (Å²) >= 11 is 0. The van der Waals surface area contributed by atoms with Gasteiger partial charge in [-0.1, -0.05) is 42.5 Å². The van der Waals surface area contributed by atoms with Crippen molar-refractivity contribution in [2.45, 2.75) is 25.4 Å². The monoisotopic (exact) mass is 406 g/mol. The lowest BCUT2D eigenvalue weighted by Gasteiger charge is -2.30. The van der Waals surface area contributed by atoms with Crippen molar-refractivity contribution in [3.8, 4) is 0 Å². The van der Waals surface area contributed by atoms with Gasteiger partial charge in [0.05, 0.1) is 11.1 Å². The number of carbonyl (C=O) groups is 4. The van der Waals surface area contributed by atoms with Gasteiger partial charge in [0.2, 0.25) is 6.10 Å². The molecule has 0 unspecified atom stereocenters. The minimum atomic E-state index is -1.10. The van der Waals surface area contributed by atoms with E-state index in [-0.39, 0.29) is 17.0 Å². The highest BCUT2D eigenvalue weighted by Gasteiger charge is 2.38. The first kappa shape index (κ1) is 19.8. The number of ether oxygens (including phenoxy) is 1. The number of likely N-dealkylation sites (tertiary alicyclic amines) is 1. The minimum Gasteiger partial charge on any atom is -0.446 e. The summed E-state index contributed by atoms with van der Waals surface area (Å²) in [6.45, 7) is 0.708. The second kappa shape index (κ2) is 8.49. The molecule has 154 valence electrons. The molecule has 7 heteroatoms. The Morgan fingerprint density at radius 3 is 2.00 bits per heavy atom. The van der Waals surface area contributed by atoms with Crippen molar-refractivity contribution in [3.05, 3.63) is 71.3 Å². The molecule has 2 aliphatic heterocycles. The summed E-state index contributed by atoms with van der Waals surface area (Å²) in [4.78, 5) is 53.3. The summed E-state index contributed by atoms with van der Waals surface area (Å²) in [5.41, 5.74) is 1.09. The first-order chi connectivity index (χ1) is 14.6. The maximum atomic E-state index is 13.1. The smallest absolute Gasteiger partial charge is 0.327 e. The zero-order valence-electron chi connectivity index (χ0n) is 16.5. The van der Waals surface area contributed by atoms with Gasteiger partial charge in [0.25, 0.3) is 17.7 Å². The van der Waals surface area contributed by atoms with Gasteiger partial charge in [0, 0.05) is 18.7 Å². The number of rotatable bonds is 5. The zero-order valence-corrected chi connectivity index (χ0v) is 16.5. The number of hydrogen-bond acceptors (Lipinski definition) is 5. The molecule has 1 fully saturated rings. The lowest BCUT2D eigenvalue weighted by molar-refractivity contribution is -0.161. The van der Waals surface area contributed by atoms with Crippen LogP contribution in [0.25, 0.3) is 0 Å². The number of nitrogens with zero attached hydrogens (tertiary/aromatic N) is 2. The van der Waals surface area contributed by atoms with Gasteiger partial charge >= 0.3 is 5.97 Å². The molecule has 2 aromatic rings. The van der Waals surface area contributed by atoms with Crippen molar-refractivity contribution in [3.63, 3.8) is 0 Å². The molecule has 1 saturated heterocycles. The van der Waals surface area contributed by atoms with E-state index in [1.165, 1.54) is 0 Å². The fourth-order valence-corrected chi connectivity index (χ4v) is 3.85. The van der Waals surface area contributed by atoms with Crippen molar-refractivity contribution < 1.29 is 23.9 Å². The fourth-order valence-electron chi connectivity index (χ4n) is 3.85. The second-order valence-corrected chi connectivity index (χ2v) is 7.41. The molecule has 4 rings (SSSR count). The Balaban J connectivity index is 1.50. The molecule has 2 heterocycles. The van der Waals surface area contributed by atoms with Crippen LogP contribution in [-0.4, -0.2) is 53.1 Å². The van der Waals surface area contributed by atoms with E-state index in [1.807, 2.05) is 6.07 Å². The highest BCUT2D eigenvalue weighted by molar-refractivity contribution is 6.22. The van der Waals surface area contributed by atoms with Crippen molar-refractivity contribution >= 4 is 23.7 Å². The highest BCUT2D eigenvalue weighted by Crippen LogP contribution is 2.25. The Morgan fingerprint density at radius 2 is 1.40 bits per heavy atom. The van der Waals surface area contributed by atoms with Crippen LogP contribution in [0.2, 0.25) is 0 Å². The van der Waals surface area contributed by atoms with E-state index in [1.54, 1.807) is 53.4 Å². The molecule has 30 heavy (non-hydrogen) atoms. The van der Waals surface area contributed by atoms with Crippen LogP contribution in [0.15, 0.2) is 54.6 Å². The summed E-state index contributed by atoms with van der Waals surface area (Å²) in [5.74, 6) is -2.15. The average Bonchev–Trinajstić information content (AvgIpc) is 3.03. The number of esters is 1. The molecule has 0 spiro atoms. The third-order valence-corrected chi connectivity index (χ3v) is 5.41. The van der Waals surface area contributed by atoms with E-state index < -0.39 is 30.4 Å². The first-order valence-corrected chi connectivity index (χ1v) is 10.0. The van der Waals surface area contributed by atoms with Gasteiger partial charge in [-0.3, -0.25) is 24.1 Å². The number of amides is 3. The lowest BCUT2D eigenvalue weighted by Crippen LogP contribution is -2.42. The van der Waals surface area contributed by atoms with Gasteiger partial charge < -0.3 is 9.64 Å². The van der Waals surface area contributed by atoms with Crippen LogP contribution in [-0.2, 0) is 14.3 Å². The second-order valence-electron chi connectivity index (χ2n) is 7.41. The van der Waals surface area contributed by atoms with Crippen molar-refractivity contribution in [1.29, 1.82) is 0 Å². The standard InChI is InChI=1S/C23H22N2O5/c26-19(15-25-21(27)17-11-5-6-12-18(17)22(25)28)30-20(16-9-3-1-4-10-16)23(29)24-13-7-2-8-14-24/h1,3-6,9-12,20H,2,7-8,13-15H2/t20-/m0/s1. The Morgan fingerprint density at radius 1 is 0.833 bits per heavy atom. The predicted molar refractivity (Wildman–Crippen MR) is 108 cm³/mol. The van der Waals surface area contributed by atoms with E-state index in [0.29, 0.717) is 18.7 Å². The van der Waals surface area contributed by atoms with E-state index in [2.05, 4.69) is 0 Å². The molecule has 0 aliphatic carbocycles. The molecule has 0 radical (unpaired) electrons. The third kappa shape index (κ3) is 3.83.